The number of aromatic nitrogens is 1. The van der Waals surface area contributed by atoms with Crippen LogP contribution >= 0.6 is 0 Å². The summed E-state index contributed by atoms with van der Waals surface area (Å²) in [6.07, 6.45) is 3.29. The normalized spacial score (nSPS) is 10.6. The zero-order chi connectivity index (χ0) is 7.68. The van der Waals surface area contributed by atoms with Gasteiger partial charge in [-0.2, -0.15) is 0 Å². The van der Waals surface area contributed by atoms with E-state index in [1.807, 2.05) is 6.07 Å². The minimum atomic E-state index is -0.0450. The van der Waals surface area contributed by atoms with Gasteiger partial charge in [-0.3, -0.25) is 4.98 Å². The van der Waals surface area contributed by atoms with E-state index in [-0.39, 0.29) is 6.61 Å². The largest absolute Gasteiger partial charge is 0.464 e. The highest BCUT2D eigenvalue weighted by Crippen LogP contribution is 2.14. The van der Waals surface area contributed by atoms with E-state index in [0.29, 0.717) is 5.69 Å². The van der Waals surface area contributed by atoms with Crippen LogP contribution in [0.2, 0.25) is 0 Å². The first-order valence-electron chi connectivity index (χ1n) is 3.33. The summed E-state index contributed by atoms with van der Waals surface area (Å²) < 4.78 is 5.11. The Morgan fingerprint density at radius 1 is 1.55 bits per heavy atom. The Balaban J connectivity index is 2.67. The molecule has 0 spiro atoms. The van der Waals surface area contributed by atoms with Crippen LogP contribution in [0, 0.1) is 0 Å². The van der Waals surface area contributed by atoms with Gasteiger partial charge in [0.25, 0.3) is 0 Å². The van der Waals surface area contributed by atoms with Crippen LogP contribution in [0.3, 0.4) is 0 Å². The highest BCUT2D eigenvalue weighted by atomic mass is 16.3. The van der Waals surface area contributed by atoms with Crippen LogP contribution in [0.5, 0.6) is 0 Å². The highest BCUT2D eigenvalue weighted by Gasteiger charge is 1.97. The summed E-state index contributed by atoms with van der Waals surface area (Å²) in [7, 11) is 0. The van der Waals surface area contributed by atoms with Crippen molar-refractivity contribution in [2.45, 2.75) is 6.61 Å². The number of aliphatic hydroxyl groups is 1. The lowest BCUT2D eigenvalue weighted by molar-refractivity contribution is 0.277. The molecule has 2 aromatic heterocycles. The van der Waals surface area contributed by atoms with E-state index in [0.717, 1.165) is 11.0 Å². The summed E-state index contributed by atoms with van der Waals surface area (Å²) in [6.45, 7) is -0.0450. The van der Waals surface area contributed by atoms with Gasteiger partial charge in [0.15, 0.2) is 0 Å². The molecule has 0 atom stereocenters. The molecule has 2 heterocycles. The average Bonchev–Trinajstić information content (AvgIpc) is 2.50. The maximum absolute atomic E-state index is 8.73. The molecule has 0 aliphatic carbocycles. The maximum atomic E-state index is 8.73. The minimum Gasteiger partial charge on any atom is -0.464 e. The molecule has 0 unspecified atom stereocenters. The molecular formula is C8H7NO2. The van der Waals surface area contributed by atoms with E-state index in [4.69, 9.17) is 9.52 Å². The molecule has 0 bridgehead atoms. The molecular weight excluding hydrogens is 142 g/mol. The first-order valence-corrected chi connectivity index (χ1v) is 3.33. The van der Waals surface area contributed by atoms with Gasteiger partial charge in [-0.1, -0.05) is 0 Å². The van der Waals surface area contributed by atoms with Gasteiger partial charge in [0, 0.05) is 17.6 Å². The van der Waals surface area contributed by atoms with E-state index in [1.165, 1.54) is 0 Å². The lowest BCUT2D eigenvalue weighted by Crippen LogP contribution is -1.85. The van der Waals surface area contributed by atoms with Crippen LogP contribution in [-0.2, 0) is 6.61 Å². The van der Waals surface area contributed by atoms with Crippen LogP contribution in [0.15, 0.2) is 29.0 Å². The van der Waals surface area contributed by atoms with Gasteiger partial charge in [0.2, 0.25) is 0 Å². The summed E-state index contributed by atoms with van der Waals surface area (Å²) in [5.41, 5.74) is 1.40. The van der Waals surface area contributed by atoms with Gasteiger partial charge in [0.1, 0.15) is 5.58 Å². The molecule has 1 N–H and O–H groups in total. The Labute approximate surface area is 63.3 Å². The molecule has 0 radical (unpaired) electrons. The fourth-order valence-electron chi connectivity index (χ4n) is 0.982. The van der Waals surface area contributed by atoms with E-state index in [9.17, 15) is 0 Å². The maximum Gasteiger partial charge on any atom is 0.137 e. The van der Waals surface area contributed by atoms with Crippen molar-refractivity contribution >= 4 is 11.0 Å². The molecule has 0 aliphatic heterocycles. The van der Waals surface area contributed by atoms with Gasteiger partial charge >= 0.3 is 0 Å². The molecule has 0 amide bonds. The molecule has 0 fully saturated rings. The monoisotopic (exact) mass is 149 g/mol. The number of fused-ring (bicyclic) bond motifs is 1. The number of nitrogens with zero attached hydrogens (tertiary/aromatic N) is 1. The van der Waals surface area contributed by atoms with Crippen LogP contribution in [0.25, 0.3) is 11.0 Å². The van der Waals surface area contributed by atoms with Crippen molar-refractivity contribution in [1.29, 1.82) is 0 Å². The number of hydrogen-bond acceptors (Lipinski definition) is 3. The fraction of sp³-hybridized carbons (Fsp3) is 0.125. The molecule has 0 aliphatic rings. The number of furan rings is 1. The second-order valence-electron chi connectivity index (χ2n) is 2.29. The third-order valence-electron chi connectivity index (χ3n) is 1.56. The lowest BCUT2D eigenvalue weighted by atomic mass is 10.3. The standard InChI is InChI=1S/C8H7NO2/c10-5-7-3-8-6(4-9-7)1-2-11-8/h1-4,10H,5H2. The Hall–Kier alpha value is -1.35. The Morgan fingerprint density at radius 3 is 3.27 bits per heavy atom. The summed E-state index contributed by atoms with van der Waals surface area (Å²) in [6, 6.07) is 3.57. The Morgan fingerprint density at radius 2 is 2.45 bits per heavy atom. The quantitative estimate of drug-likeness (QED) is 0.665. The van der Waals surface area contributed by atoms with Crippen LogP contribution in [-0.4, -0.2) is 10.1 Å². The third kappa shape index (κ3) is 0.991. The molecule has 0 saturated heterocycles. The Kier molecular flexibility index (Phi) is 1.36. The van der Waals surface area contributed by atoms with E-state index >= 15 is 0 Å². The smallest absolute Gasteiger partial charge is 0.137 e. The first kappa shape index (κ1) is 6.37. The summed E-state index contributed by atoms with van der Waals surface area (Å²) in [4.78, 5) is 3.99. The van der Waals surface area contributed by atoms with Crippen molar-refractivity contribution in [3.05, 3.63) is 30.3 Å². The fourth-order valence-corrected chi connectivity index (χ4v) is 0.982. The molecule has 0 saturated carbocycles. The van der Waals surface area contributed by atoms with Crippen molar-refractivity contribution in [1.82, 2.24) is 4.98 Å². The molecule has 2 aromatic rings. The first-order chi connectivity index (χ1) is 5.40. The molecule has 11 heavy (non-hydrogen) atoms. The molecule has 0 aromatic carbocycles. The van der Waals surface area contributed by atoms with Crippen molar-refractivity contribution in [2.75, 3.05) is 0 Å². The van der Waals surface area contributed by atoms with Gasteiger partial charge in [0.05, 0.1) is 18.6 Å². The summed E-state index contributed by atoms with van der Waals surface area (Å²) in [5, 5.41) is 9.69. The summed E-state index contributed by atoms with van der Waals surface area (Å²) in [5.74, 6) is 0. The zero-order valence-electron chi connectivity index (χ0n) is 5.82. The average molecular weight is 149 g/mol. The number of aliphatic hydroxyl groups excluding tert-OH is 1. The predicted octanol–water partition coefficient (Wildman–Crippen LogP) is 1.32. The predicted molar refractivity (Wildman–Crippen MR) is 39.9 cm³/mol. The molecule has 3 heteroatoms. The number of rotatable bonds is 1. The van der Waals surface area contributed by atoms with Crippen molar-refractivity contribution < 1.29 is 9.52 Å². The third-order valence-corrected chi connectivity index (χ3v) is 1.56. The second kappa shape index (κ2) is 2.36. The molecule has 2 rings (SSSR count). The van der Waals surface area contributed by atoms with E-state index in [2.05, 4.69) is 4.98 Å². The zero-order valence-corrected chi connectivity index (χ0v) is 5.82. The van der Waals surface area contributed by atoms with E-state index < -0.39 is 0 Å². The topological polar surface area (TPSA) is 46.3 Å². The van der Waals surface area contributed by atoms with Crippen molar-refractivity contribution in [2.24, 2.45) is 0 Å². The van der Waals surface area contributed by atoms with Crippen LogP contribution < -0.4 is 0 Å². The summed E-state index contributed by atoms with van der Waals surface area (Å²) >= 11 is 0. The van der Waals surface area contributed by atoms with Gasteiger partial charge in [-0.05, 0) is 6.07 Å². The Bertz CT molecular complexity index is 367. The van der Waals surface area contributed by atoms with Gasteiger partial charge in [-0.25, -0.2) is 0 Å². The van der Waals surface area contributed by atoms with Crippen LogP contribution in [0.1, 0.15) is 5.69 Å². The van der Waals surface area contributed by atoms with Crippen molar-refractivity contribution in [3.63, 3.8) is 0 Å². The SMILES string of the molecule is OCc1cc2occc2cn1. The molecule has 56 valence electrons. The number of hydrogen-bond donors (Lipinski definition) is 1. The van der Waals surface area contributed by atoms with Crippen LogP contribution in [0.4, 0.5) is 0 Å². The van der Waals surface area contributed by atoms with Gasteiger partial charge in [-0.15, -0.1) is 0 Å². The molecule has 3 nitrogen and oxygen atoms in total. The van der Waals surface area contributed by atoms with E-state index in [1.54, 1.807) is 18.5 Å². The van der Waals surface area contributed by atoms with Crippen molar-refractivity contribution in [3.8, 4) is 0 Å². The lowest BCUT2D eigenvalue weighted by Gasteiger charge is -1.92. The van der Waals surface area contributed by atoms with Gasteiger partial charge < -0.3 is 9.52 Å². The number of pyridine rings is 1. The minimum absolute atomic E-state index is 0.0450. The highest BCUT2D eigenvalue weighted by molar-refractivity contribution is 5.75. The second-order valence-corrected chi connectivity index (χ2v) is 2.29.